The zero-order valence-electron chi connectivity index (χ0n) is 19.2. The van der Waals surface area contributed by atoms with Gasteiger partial charge in [0.05, 0.1) is 16.2 Å². The van der Waals surface area contributed by atoms with Crippen LogP contribution in [0.15, 0.2) is 95.4 Å². The molecule has 36 heavy (non-hydrogen) atoms. The summed E-state index contributed by atoms with van der Waals surface area (Å²) in [5, 5.41) is 22.3. The number of hydrogen-bond donors (Lipinski definition) is 2. The number of hydrogen-bond acceptors (Lipinski definition) is 8. The number of non-ortho nitro benzene ring substituents is 1. The Kier molecular flexibility index (Phi) is 6.46. The van der Waals surface area contributed by atoms with Crippen molar-refractivity contribution < 1.29 is 9.72 Å². The molecule has 0 radical (unpaired) electrons. The Morgan fingerprint density at radius 3 is 2.56 bits per heavy atom. The second-order valence-corrected chi connectivity index (χ2v) is 8.96. The van der Waals surface area contributed by atoms with E-state index in [1.807, 2.05) is 55.5 Å². The predicted molar refractivity (Wildman–Crippen MR) is 136 cm³/mol. The van der Waals surface area contributed by atoms with Gasteiger partial charge in [0.15, 0.2) is 0 Å². The van der Waals surface area contributed by atoms with E-state index in [1.165, 1.54) is 23.9 Å². The van der Waals surface area contributed by atoms with E-state index in [1.54, 1.807) is 23.0 Å². The molecule has 1 aliphatic rings. The monoisotopic (exact) mass is 499 g/mol. The number of nitro groups is 1. The Balaban J connectivity index is 1.43. The molecule has 0 saturated heterocycles. The van der Waals surface area contributed by atoms with Crippen LogP contribution in [0.4, 0.5) is 17.3 Å². The highest BCUT2D eigenvalue weighted by molar-refractivity contribution is 7.98. The van der Waals surface area contributed by atoms with Gasteiger partial charge in [0.1, 0.15) is 6.04 Å². The maximum Gasteiger partial charge on any atom is 0.269 e. The number of nitrogens with one attached hydrogen (secondary N) is 2. The summed E-state index contributed by atoms with van der Waals surface area (Å²) in [5.41, 5.74) is 3.45. The minimum Gasteiger partial charge on any atom is -0.328 e. The van der Waals surface area contributed by atoms with Gasteiger partial charge in [-0.2, -0.15) is 4.98 Å². The fourth-order valence-corrected chi connectivity index (χ4v) is 4.66. The van der Waals surface area contributed by atoms with Crippen LogP contribution in [-0.2, 0) is 10.5 Å². The van der Waals surface area contributed by atoms with Gasteiger partial charge in [0, 0.05) is 35.5 Å². The SMILES string of the molecule is CC1=C(C(=O)Nc2ccccc2)C(c2ccccn2)n2nc(SCc3ccc([N+](=O)[O-])cc3)nc2N1. The van der Waals surface area contributed by atoms with Gasteiger partial charge in [-0.1, -0.05) is 48.2 Å². The van der Waals surface area contributed by atoms with Crippen LogP contribution in [0.2, 0.25) is 0 Å². The first-order valence-electron chi connectivity index (χ1n) is 11.1. The number of nitrogens with zero attached hydrogens (tertiary/aromatic N) is 5. The second kappa shape index (κ2) is 10.0. The standard InChI is InChI=1S/C25H21N7O3S/c1-16-21(23(33)28-18-7-3-2-4-8-18)22(20-9-5-6-14-26-20)31-24(27-16)29-25(30-31)36-15-17-10-12-19(13-11-17)32(34)35/h2-14,22H,15H2,1H3,(H,28,33)(H,27,29,30). The van der Waals surface area contributed by atoms with Crippen LogP contribution < -0.4 is 10.6 Å². The van der Waals surface area contributed by atoms with Crippen molar-refractivity contribution in [2.24, 2.45) is 0 Å². The summed E-state index contributed by atoms with van der Waals surface area (Å²) < 4.78 is 1.67. The molecule has 0 bridgehead atoms. The van der Waals surface area contributed by atoms with Crippen molar-refractivity contribution in [3.05, 3.63) is 112 Å². The van der Waals surface area contributed by atoms with Crippen molar-refractivity contribution in [2.45, 2.75) is 23.9 Å². The summed E-state index contributed by atoms with van der Waals surface area (Å²) in [6.07, 6.45) is 1.68. The Labute approximate surface area is 210 Å². The van der Waals surface area contributed by atoms with Crippen LogP contribution in [0, 0.1) is 10.1 Å². The van der Waals surface area contributed by atoms with E-state index in [-0.39, 0.29) is 11.6 Å². The summed E-state index contributed by atoms with van der Waals surface area (Å²) in [7, 11) is 0. The number of allylic oxidation sites excluding steroid dienone is 1. The number of amides is 1. The lowest BCUT2D eigenvalue weighted by Gasteiger charge is -2.27. The number of rotatable bonds is 7. The summed E-state index contributed by atoms with van der Waals surface area (Å²) in [4.78, 5) is 33.0. The van der Waals surface area contributed by atoms with Crippen LogP contribution in [0.1, 0.15) is 24.2 Å². The number of carbonyl (C=O) groups is 1. The third kappa shape index (κ3) is 4.82. The smallest absolute Gasteiger partial charge is 0.269 e. The number of nitro benzene ring substituents is 1. The topological polar surface area (TPSA) is 128 Å². The minimum absolute atomic E-state index is 0.0459. The van der Waals surface area contributed by atoms with E-state index < -0.39 is 11.0 Å². The molecule has 5 rings (SSSR count). The highest BCUT2D eigenvalue weighted by Gasteiger charge is 2.35. The molecular weight excluding hydrogens is 478 g/mol. The maximum absolute atomic E-state index is 13.4. The van der Waals surface area contributed by atoms with E-state index >= 15 is 0 Å². The number of carbonyl (C=O) groups excluding carboxylic acids is 1. The zero-order chi connectivity index (χ0) is 25.1. The fraction of sp³-hybridized carbons (Fsp3) is 0.120. The van der Waals surface area contributed by atoms with Gasteiger partial charge in [0.2, 0.25) is 11.1 Å². The molecule has 1 aliphatic heterocycles. The molecular formula is C25H21N7O3S. The molecule has 1 atom stereocenters. The van der Waals surface area contributed by atoms with Crippen LogP contribution in [-0.4, -0.2) is 30.6 Å². The number of benzene rings is 2. The molecule has 4 aromatic rings. The van der Waals surface area contributed by atoms with Gasteiger partial charge < -0.3 is 10.6 Å². The summed E-state index contributed by atoms with van der Waals surface area (Å²) in [6.45, 7) is 1.83. The molecule has 180 valence electrons. The van der Waals surface area contributed by atoms with Crippen molar-refractivity contribution in [3.63, 3.8) is 0 Å². The predicted octanol–water partition coefficient (Wildman–Crippen LogP) is 4.80. The lowest BCUT2D eigenvalue weighted by molar-refractivity contribution is -0.384. The molecule has 2 N–H and O–H groups in total. The van der Waals surface area contributed by atoms with Crippen LogP contribution in [0.25, 0.3) is 0 Å². The van der Waals surface area contributed by atoms with Gasteiger partial charge >= 0.3 is 0 Å². The Morgan fingerprint density at radius 2 is 1.86 bits per heavy atom. The molecule has 3 heterocycles. The Bertz CT molecular complexity index is 1440. The highest BCUT2D eigenvalue weighted by atomic mass is 32.2. The van der Waals surface area contributed by atoms with Crippen LogP contribution in [0.5, 0.6) is 0 Å². The third-order valence-corrected chi connectivity index (χ3v) is 6.50. The number of pyridine rings is 1. The van der Waals surface area contributed by atoms with Gasteiger partial charge in [-0.05, 0) is 36.8 Å². The van der Waals surface area contributed by atoms with Gasteiger partial charge in [-0.3, -0.25) is 19.9 Å². The van der Waals surface area contributed by atoms with Crippen LogP contribution in [0.3, 0.4) is 0 Å². The molecule has 11 heteroatoms. The summed E-state index contributed by atoms with van der Waals surface area (Å²) in [5.74, 6) is 0.775. The van der Waals surface area contributed by atoms with Crippen LogP contribution >= 0.6 is 11.8 Å². The van der Waals surface area contributed by atoms with Gasteiger partial charge in [-0.15, -0.1) is 5.10 Å². The minimum atomic E-state index is -0.576. The molecule has 2 aromatic heterocycles. The molecule has 2 aromatic carbocycles. The second-order valence-electron chi connectivity index (χ2n) is 8.02. The Hall–Kier alpha value is -4.51. The number of anilines is 2. The molecule has 0 saturated carbocycles. The van der Waals surface area contributed by atoms with E-state index in [0.29, 0.717) is 39.5 Å². The first kappa shape index (κ1) is 23.2. The number of aromatic nitrogens is 4. The maximum atomic E-state index is 13.4. The number of fused-ring (bicyclic) bond motifs is 1. The molecule has 1 unspecified atom stereocenters. The van der Waals surface area contributed by atoms with E-state index in [9.17, 15) is 14.9 Å². The summed E-state index contributed by atoms with van der Waals surface area (Å²) >= 11 is 1.40. The average Bonchev–Trinajstić information content (AvgIpc) is 3.30. The zero-order valence-corrected chi connectivity index (χ0v) is 20.0. The molecule has 0 fully saturated rings. The first-order chi connectivity index (χ1) is 17.5. The van der Waals surface area contributed by atoms with Crippen molar-refractivity contribution >= 4 is 35.0 Å². The van der Waals surface area contributed by atoms with Crippen molar-refractivity contribution in [3.8, 4) is 0 Å². The Morgan fingerprint density at radius 1 is 1.11 bits per heavy atom. The molecule has 0 aliphatic carbocycles. The summed E-state index contributed by atoms with van der Waals surface area (Å²) in [6, 6.07) is 20.6. The highest BCUT2D eigenvalue weighted by Crippen LogP contribution is 2.36. The van der Waals surface area contributed by atoms with Crippen molar-refractivity contribution in [2.75, 3.05) is 10.6 Å². The third-order valence-electron chi connectivity index (χ3n) is 5.59. The van der Waals surface area contributed by atoms with Crippen molar-refractivity contribution in [1.29, 1.82) is 0 Å². The normalized spacial score (nSPS) is 14.6. The van der Waals surface area contributed by atoms with E-state index in [2.05, 4.69) is 25.7 Å². The first-order valence-corrected chi connectivity index (χ1v) is 12.1. The van der Waals surface area contributed by atoms with E-state index in [0.717, 1.165) is 5.56 Å². The molecule has 1 amide bonds. The quantitative estimate of drug-likeness (QED) is 0.211. The molecule has 10 nitrogen and oxygen atoms in total. The number of thioether (sulfide) groups is 1. The lowest BCUT2D eigenvalue weighted by atomic mass is 9.98. The van der Waals surface area contributed by atoms with Gasteiger partial charge in [-0.25, -0.2) is 4.68 Å². The van der Waals surface area contributed by atoms with Crippen molar-refractivity contribution in [1.82, 2.24) is 19.7 Å². The largest absolute Gasteiger partial charge is 0.328 e. The van der Waals surface area contributed by atoms with E-state index in [4.69, 9.17) is 0 Å². The average molecular weight is 500 g/mol. The number of para-hydroxylation sites is 1. The molecule has 0 spiro atoms. The van der Waals surface area contributed by atoms with Gasteiger partial charge in [0.25, 0.3) is 11.6 Å². The fourth-order valence-electron chi connectivity index (χ4n) is 3.88. The lowest BCUT2D eigenvalue weighted by Crippen LogP contribution is -2.32.